The van der Waals surface area contributed by atoms with Crippen LogP contribution in [0.3, 0.4) is 0 Å². The van der Waals surface area contributed by atoms with Crippen LogP contribution < -0.4 is 10.2 Å². The summed E-state index contributed by atoms with van der Waals surface area (Å²) in [4.78, 5) is 27.6. The van der Waals surface area contributed by atoms with Crippen molar-refractivity contribution in [1.82, 2.24) is 0 Å². The lowest BCUT2D eigenvalue weighted by Gasteiger charge is -2.17. The SMILES string of the molecule is C#Cc1cccc(NC(=O)C2CC(=O)N(c3ccc(SC)cc3)C2)c1. The minimum Gasteiger partial charge on any atom is -0.326 e. The van der Waals surface area contributed by atoms with Gasteiger partial charge in [-0.25, -0.2) is 0 Å². The minimum absolute atomic E-state index is 0.0329. The van der Waals surface area contributed by atoms with Crippen LogP contribution in [0, 0.1) is 18.3 Å². The molecule has 1 atom stereocenters. The van der Waals surface area contributed by atoms with Crippen molar-refractivity contribution in [2.24, 2.45) is 5.92 Å². The second-order valence-corrected chi connectivity index (χ2v) is 6.70. The molecule has 5 heteroatoms. The van der Waals surface area contributed by atoms with E-state index in [1.54, 1.807) is 40.9 Å². The van der Waals surface area contributed by atoms with Gasteiger partial charge in [-0.3, -0.25) is 9.59 Å². The maximum absolute atomic E-state index is 12.5. The first kappa shape index (κ1) is 17.1. The fraction of sp³-hybridized carbons (Fsp3) is 0.200. The number of terminal acetylenes is 1. The number of anilines is 2. The van der Waals surface area contributed by atoms with Crippen LogP contribution in [0.5, 0.6) is 0 Å². The molecule has 0 saturated carbocycles. The molecule has 1 saturated heterocycles. The van der Waals surface area contributed by atoms with E-state index in [-0.39, 0.29) is 24.2 Å². The Labute approximate surface area is 151 Å². The summed E-state index contributed by atoms with van der Waals surface area (Å²) in [6, 6.07) is 14.9. The molecule has 1 aliphatic rings. The summed E-state index contributed by atoms with van der Waals surface area (Å²) in [7, 11) is 0. The molecule has 126 valence electrons. The number of hydrogen-bond acceptors (Lipinski definition) is 3. The fourth-order valence-electron chi connectivity index (χ4n) is 2.83. The summed E-state index contributed by atoms with van der Waals surface area (Å²) in [6.45, 7) is 0.387. The van der Waals surface area contributed by atoms with Crippen LogP contribution >= 0.6 is 11.8 Å². The highest BCUT2D eigenvalue weighted by Gasteiger charge is 2.35. The molecule has 25 heavy (non-hydrogen) atoms. The largest absolute Gasteiger partial charge is 0.326 e. The number of carbonyl (C=O) groups is 2. The highest BCUT2D eigenvalue weighted by atomic mass is 32.2. The van der Waals surface area contributed by atoms with Crippen molar-refractivity contribution in [2.75, 3.05) is 23.0 Å². The lowest BCUT2D eigenvalue weighted by molar-refractivity contribution is -0.122. The maximum Gasteiger partial charge on any atom is 0.229 e. The molecule has 2 aromatic carbocycles. The van der Waals surface area contributed by atoms with Gasteiger partial charge in [0.15, 0.2) is 0 Å². The molecular weight excluding hydrogens is 332 g/mol. The van der Waals surface area contributed by atoms with Crippen molar-refractivity contribution < 1.29 is 9.59 Å². The van der Waals surface area contributed by atoms with E-state index in [0.29, 0.717) is 17.8 Å². The molecule has 1 fully saturated rings. The third kappa shape index (κ3) is 3.86. The number of nitrogens with zero attached hydrogens (tertiary/aromatic N) is 1. The van der Waals surface area contributed by atoms with Gasteiger partial charge in [0.05, 0.1) is 5.92 Å². The Morgan fingerprint density at radius 2 is 2.04 bits per heavy atom. The van der Waals surface area contributed by atoms with Crippen molar-refractivity contribution in [2.45, 2.75) is 11.3 Å². The van der Waals surface area contributed by atoms with Gasteiger partial charge >= 0.3 is 0 Å². The maximum atomic E-state index is 12.5. The molecule has 0 bridgehead atoms. The molecule has 1 N–H and O–H groups in total. The van der Waals surface area contributed by atoms with Crippen LogP contribution in [0.15, 0.2) is 53.4 Å². The standard InChI is InChI=1S/C20H18N2O2S/c1-3-14-5-4-6-16(11-14)21-20(24)15-12-19(23)22(13-15)17-7-9-18(25-2)10-8-17/h1,4-11,15H,12-13H2,2H3,(H,21,24). The van der Waals surface area contributed by atoms with Crippen LogP contribution in [0.1, 0.15) is 12.0 Å². The highest BCUT2D eigenvalue weighted by molar-refractivity contribution is 7.98. The third-order valence-corrected chi connectivity index (χ3v) is 4.92. The average Bonchev–Trinajstić information content (AvgIpc) is 3.04. The minimum atomic E-state index is -0.373. The van der Waals surface area contributed by atoms with Gasteiger partial charge in [0.25, 0.3) is 0 Å². The Bertz CT molecular complexity index is 840. The summed E-state index contributed by atoms with van der Waals surface area (Å²) in [6.07, 6.45) is 7.60. The van der Waals surface area contributed by atoms with E-state index in [2.05, 4.69) is 11.2 Å². The van der Waals surface area contributed by atoms with Crippen molar-refractivity contribution in [3.8, 4) is 12.3 Å². The molecule has 4 nitrogen and oxygen atoms in total. The van der Waals surface area contributed by atoms with Gasteiger partial charge < -0.3 is 10.2 Å². The summed E-state index contributed by atoms with van der Waals surface area (Å²) in [5, 5.41) is 2.85. The molecule has 3 rings (SSSR count). The first-order valence-electron chi connectivity index (χ1n) is 7.92. The van der Waals surface area contributed by atoms with Crippen LogP contribution in [-0.2, 0) is 9.59 Å². The zero-order chi connectivity index (χ0) is 17.8. The Morgan fingerprint density at radius 3 is 2.72 bits per heavy atom. The number of nitrogens with one attached hydrogen (secondary N) is 1. The second-order valence-electron chi connectivity index (χ2n) is 5.82. The van der Waals surface area contributed by atoms with Crippen molar-refractivity contribution in [1.29, 1.82) is 0 Å². The summed E-state index contributed by atoms with van der Waals surface area (Å²) in [5.74, 6) is 1.97. The van der Waals surface area contributed by atoms with Gasteiger partial charge in [0.2, 0.25) is 11.8 Å². The zero-order valence-corrected chi connectivity index (χ0v) is 14.7. The molecule has 1 aliphatic heterocycles. The number of rotatable bonds is 4. The van der Waals surface area contributed by atoms with Crippen LogP contribution in [0.2, 0.25) is 0 Å². The van der Waals surface area contributed by atoms with Gasteiger partial charge in [-0.15, -0.1) is 18.2 Å². The molecule has 1 unspecified atom stereocenters. The van der Waals surface area contributed by atoms with Gasteiger partial charge in [-0.05, 0) is 48.7 Å². The van der Waals surface area contributed by atoms with Gasteiger partial charge in [0.1, 0.15) is 0 Å². The molecule has 2 amide bonds. The average molecular weight is 350 g/mol. The van der Waals surface area contributed by atoms with Crippen LogP contribution in [0.25, 0.3) is 0 Å². The van der Waals surface area contributed by atoms with E-state index in [0.717, 1.165) is 10.6 Å². The van der Waals surface area contributed by atoms with Gasteiger partial charge in [-0.2, -0.15) is 0 Å². The lowest BCUT2D eigenvalue weighted by Crippen LogP contribution is -2.28. The summed E-state index contributed by atoms with van der Waals surface area (Å²) in [5.41, 5.74) is 2.18. The highest BCUT2D eigenvalue weighted by Crippen LogP contribution is 2.27. The first-order chi connectivity index (χ1) is 12.1. The Kier molecular flexibility index (Phi) is 5.11. The van der Waals surface area contributed by atoms with E-state index >= 15 is 0 Å². The van der Waals surface area contributed by atoms with E-state index < -0.39 is 0 Å². The van der Waals surface area contributed by atoms with Gasteiger partial charge in [-0.1, -0.05) is 12.0 Å². The Morgan fingerprint density at radius 1 is 1.28 bits per heavy atom. The normalized spacial score (nSPS) is 16.6. The Hall–Kier alpha value is -2.71. The monoisotopic (exact) mass is 350 g/mol. The number of amides is 2. The zero-order valence-electron chi connectivity index (χ0n) is 13.9. The number of benzene rings is 2. The van der Waals surface area contributed by atoms with E-state index in [4.69, 9.17) is 6.42 Å². The quantitative estimate of drug-likeness (QED) is 0.679. The van der Waals surface area contributed by atoms with E-state index in [1.807, 2.05) is 30.5 Å². The van der Waals surface area contributed by atoms with E-state index in [1.165, 1.54) is 0 Å². The molecule has 0 radical (unpaired) electrons. The van der Waals surface area contributed by atoms with Crippen molar-refractivity contribution in [3.63, 3.8) is 0 Å². The van der Waals surface area contributed by atoms with Crippen LogP contribution in [-0.4, -0.2) is 24.6 Å². The molecule has 1 heterocycles. The molecule has 0 aliphatic carbocycles. The predicted octanol–water partition coefficient (Wildman–Crippen LogP) is 3.38. The second kappa shape index (κ2) is 7.45. The molecular formula is C20H18N2O2S. The topological polar surface area (TPSA) is 49.4 Å². The first-order valence-corrected chi connectivity index (χ1v) is 9.15. The van der Waals surface area contributed by atoms with Crippen molar-refractivity contribution in [3.05, 3.63) is 54.1 Å². The predicted molar refractivity (Wildman–Crippen MR) is 102 cm³/mol. The molecule has 2 aromatic rings. The van der Waals surface area contributed by atoms with Crippen molar-refractivity contribution >= 4 is 35.0 Å². The van der Waals surface area contributed by atoms with Gasteiger partial charge in [0, 0.05) is 34.8 Å². The molecule has 0 spiro atoms. The summed E-state index contributed by atoms with van der Waals surface area (Å²) < 4.78 is 0. The van der Waals surface area contributed by atoms with E-state index in [9.17, 15) is 9.59 Å². The smallest absolute Gasteiger partial charge is 0.229 e. The number of hydrogen-bond donors (Lipinski definition) is 1. The Balaban J connectivity index is 1.68. The number of thioether (sulfide) groups is 1. The summed E-state index contributed by atoms with van der Waals surface area (Å²) >= 11 is 1.65. The lowest BCUT2D eigenvalue weighted by atomic mass is 10.1. The third-order valence-electron chi connectivity index (χ3n) is 4.18. The number of carbonyl (C=O) groups excluding carboxylic acids is 2. The molecule has 0 aromatic heterocycles. The fourth-order valence-corrected chi connectivity index (χ4v) is 3.23. The van der Waals surface area contributed by atoms with Crippen LogP contribution in [0.4, 0.5) is 11.4 Å².